The number of nitrogens with zero attached hydrogens (tertiary/aromatic N) is 1. The minimum atomic E-state index is -0.257. The molecule has 2 N–H and O–H groups in total. The molecule has 0 aliphatic heterocycles. The Morgan fingerprint density at radius 2 is 1.59 bits per heavy atom. The Morgan fingerprint density at radius 1 is 0.852 bits per heavy atom. The predicted molar refractivity (Wildman–Crippen MR) is 104 cm³/mol. The van der Waals surface area contributed by atoms with Crippen molar-refractivity contribution >= 4 is 17.5 Å². The van der Waals surface area contributed by atoms with E-state index in [4.69, 9.17) is 0 Å². The summed E-state index contributed by atoms with van der Waals surface area (Å²) in [6.07, 6.45) is 4.81. The number of nitrogens with one attached hydrogen (secondary N) is 2. The van der Waals surface area contributed by atoms with Crippen molar-refractivity contribution < 1.29 is 9.59 Å². The molecule has 27 heavy (non-hydrogen) atoms. The minimum absolute atomic E-state index is 0.101. The van der Waals surface area contributed by atoms with E-state index < -0.39 is 0 Å². The van der Waals surface area contributed by atoms with Gasteiger partial charge in [-0.05, 0) is 54.3 Å². The smallest absolute Gasteiger partial charge is 0.257 e. The first-order valence-corrected chi connectivity index (χ1v) is 8.88. The highest BCUT2D eigenvalue weighted by molar-refractivity contribution is 6.05. The van der Waals surface area contributed by atoms with E-state index in [0.717, 1.165) is 12.8 Å². The molecule has 0 fully saturated rings. The van der Waals surface area contributed by atoms with Crippen molar-refractivity contribution in [1.82, 2.24) is 10.3 Å². The van der Waals surface area contributed by atoms with Crippen molar-refractivity contribution in [3.8, 4) is 0 Å². The Labute approximate surface area is 157 Å². The fraction of sp³-hybridized carbons (Fsp3) is 0.136. The third-order valence-electron chi connectivity index (χ3n) is 4.69. The van der Waals surface area contributed by atoms with E-state index in [-0.39, 0.29) is 17.9 Å². The van der Waals surface area contributed by atoms with Gasteiger partial charge in [0.2, 0.25) is 0 Å². The van der Waals surface area contributed by atoms with Crippen molar-refractivity contribution in [3.05, 3.63) is 95.3 Å². The van der Waals surface area contributed by atoms with Crippen LogP contribution in [-0.2, 0) is 12.8 Å². The summed E-state index contributed by atoms with van der Waals surface area (Å²) in [5.41, 5.74) is 4.15. The second-order valence-corrected chi connectivity index (χ2v) is 6.62. The molecule has 1 heterocycles. The second kappa shape index (κ2) is 7.41. The lowest BCUT2D eigenvalue weighted by molar-refractivity contribution is 0.0937. The molecular formula is C22H19N3O2. The molecular weight excluding hydrogens is 338 g/mol. The van der Waals surface area contributed by atoms with Crippen molar-refractivity contribution in [2.45, 2.75) is 18.9 Å². The summed E-state index contributed by atoms with van der Waals surface area (Å²) in [4.78, 5) is 28.8. The molecule has 2 amide bonds. The fourth-order valence-electron chi connectivity index (χ4n) is 3.37. The quantitative estimate of drug-likeness (QED) is 0.753. The molecule has 134 valence electrons. The number of hydrogen-bond acceptors (Lipinski definition) is 3. The zero-order valence-corrected chi connectivity index (χ0v) is 14.7. The molecule has 0 spiro atoms. The van der Waals surface area contributed by atoms with Gasteiger partial charge >= 0.3 is 0 Å². The molecule has 4 rings (SSSR count). The highest BCUT2D eigenvalue weighted by Gasteiger charge is 2.22. The molecule has 5 nitrogen and oxygen atoms in total. The van der Waals surface area contributed by atoms with Crippen molar-refractivity contribution in [3.63, 3.8) is 0 Å². The van der Waals surface area contributed by atoms with Gasteiger partial charge in [-0.3, -0.25) is 14.6 Å². The number of hydrogen-bond donors (Lipinski definition) is 2. The topological polar surface area (TPSA) is 71.1 Å². The molecule has 0 unspecified atom stereocenters. The van der Waals surface area contributed by atoms with Crippen LogP contribution < -0.4 is 10.6 Å². The largest absolute Gasteiger partial charge is 0.349 e. The van der Waals surface area contributed by atoms with Crippen LogP contribution in [0.2, 0.25) is 0 Å². The second-order valence-electron chi connectivity index (χ2n) is 6.62. The molecule has 3 aromatic rings. The summed E-state index contributed by atoms with van der Waals surface area (Å²) in [6.45, 7) is 0. The van der Waals surface area contributed by atoms with Crippen LogP contribution in [0.1, 0.15) is 31.8 Å². The summed E-state index contributed by atoms with van der Waals surface area (Å²) < 4.78 is 0. The van der Waals surface area contributed by atoms with Crippen LogP contribution in [0.5, 0.6) is 0 Å². The Hall–Kier alpha value is -3.47. The van der Waals surface area contributed by atoms with Gasteiger partial charge < -0.3 is 10.6 Å². The number of fused-ring (bicyclic) bond motifs is 1. The van der Waals surface area contributed by atoms with Crippen LogP contribution in [0, 0.1) is 0 Å². The van der Waals surface area contributed by atoms with E-state index in [9.17, 15) is 9.59 Å². The lowest BCUT2D eigenvalue weighted by atomic mass is 10.1. The monoisotopic (exact) mass is 357 g/mol. The number of anilines is 1. The first-order chi connectivity index (χ1) is 13.2. The van der Waals surface area contributed by atoms with Gasteiger partial charge in [-0.2, -0.15) is 0 Å². The number of carbonyl (C=O) groups is 2. The van der Waals surface area contributed by atoms with Crippen LogP contribution in [-0.4, -0.2) is 22.8 Å². The molecule has 5 heteroatoms. The number of aromatic nitrogens is 1. The van der Waals surface area contributed by atoms with Crippen LogP contribution in [0.4, 0.5) is 5.69 Å². The maximum absolute atomic E-state index is 12.6. The summed E-state index contributed by atoms with van der Waals surface area (Å²) >= 11 is 0. The minimum Gasteiger partial charge on any atom is -0.349 e. The van der Waals surface area contributed by atoms with Gasteiger partial charge in [0.1, 0.15) is 0 Å². The first-order valence-electron chi connectivity index (χ1n) is 8.88. The average Bonchev–Trinajstić information content (AvgIpc) is 3.11. The van der Waals surface area contributed by atoms with Crippen LogP contribution in [0.3, 0.4) is 0 Å². The number of amides is 2. The van der Waals surface area contributed by atoms with Crippen LogP contribution in [0.25, 0.3) is 0 Å². The summed E-state index contributed by atoms with van der Waals surface area (Å²) in [6, 6.07) is 18.7. The maximum Gasteiger partial charge on any atom is 0.257 e. The summed E-state index contributed by atoms with van der Waals surface area (Å²) in [5.74, 6) is -0.391. The Kier molecular flexibility index (Phi) is 4.66. The highest BCUT2D eigenvalue weighted by atomic mass is 16.2. The van der Waals surface area contributed by atoms with Crippen molar-refractivity contribution in [2.75, 3.05) is 5.32 Å². The van der Waals surface area contributed by atoms with Gasteiger partial charge in [-0.1, -0.05) is 30.3 Å². The van der Waals surface area contributed by atoms with Gasteiger partial charge in [0.05, 0.1) is 5.56 Å². The molecule has 1 aromatic heterocycles. The fourth-order valence-corrected chi connectivity index (χ4v) is 3.37. The molecule has 1 aliphatic carbocycles. The molecule has 1 aliphatic rings. The van der Waals surface area contributed by atoms with Gasteiger partial charge in [-0.25, -0.2) is 0 Å². The van der Waals surface area contributed by atoms with E-state index in [2.05, 4.69) is 27.8 Å². The number of pyridine rings is 1. The normalized spacial score (nSPS) is 13.0. The van der Waals surface area contributed by atoms with E-state index in [0.29, 0.717) is 16.8 Å². The molecule has 0 saturated carbocycles. The number of carbonyl (C=O) groups excluding carboxylic acids is 2. The molecule has 2 aromatic carbocycles. The molecule has 0 saturated heterocycles. The average molecular weight is 357 g/mol. The lowest BCUT2D eigenvalue weighted by Gasteiger charge is -2.13. The zero-order chi connectivity index (χ0) is 18.6. The molecule has 0 bridgehead atoms. The van der Waals surface area contributed by atoms with Crippen molar-refractivity contribution in [1.29, 1.82) is 0 Å². The SMILES string of the molecule is O=C(Nc1cccc(C(=O)NC2Cc3ccccc3C2)c1)c1cccnc1. The number of benzene rings is 2. The predicted octanol–water partition coefficient (Wildman–Crippen LogP) is 3.23. The Balaban J connectivity index is 1.42. The third-order valence-corrected chi connectivity index (χ3v) is 4.69. The van der Waals surface area contributed by atoms with Gasteiger partial charge in [0, 0.05) is 29.7 Å². The highest BCUT2D eigenvalue weighted by Crippen LogP contribution is 2.22. The van der Waals surface area contributed by atoms with Crippen molar-refractivity contribution in [2.24, 2.45) is 0 Å². The van der Waals surface area contributed by atoms with E-state index >= 15 is 0 Å². The zero-order valence-electron chi connectivity index (χ0n) is 14.7. The van der Waals surface area contributed by atoms with E-state index in [1.807, 2.05) is 12.1 Å². The molecule has 0 radical (unpaired) electrons. The first kappa shape index (κ1) is 17.0. The Bertz CT molecular complexity index is 961. The van der Waals surface area contributed by atoms with E-state index in [1.165, 1.54) is 17.3 Å². The summed E-state index contributed by atoms with van der Waals surface area (Å²) in [7, 11) is 0. The Morgan fingerprint density at radius 3 is 2.30 bits per heavy atom. The van der Waals surface area contributed by atoms with E-state index in [1.54, 1.807) is 42.6 Å². The summed E-state index contributed by atoms with van der Waals surface area (Å²) in [5, 5.41) is 5.90. The van der Waals surface area contributed by atoms with Gasteiger partial charge in [0.15, 0.2) is 0 Å². The number of rotatable bonds is 4. The molecule has 0 atom stereocenters. The third kappa shape index (κ3) is 3.87. The lowest BCUT2D eigenvalue weighted by Crippen LogP contribution is -2.35. The van der Waals surface area contributed by atoms with Crippen LogP contribution >= 0.6 is 0 Å². The van der Waals surface area contributed by atoms with Gasteiger partial charge in [-0.15, -0.1) is 0 Å². The van der Waals surface area contributed by atoms with Gasteiger partial charge in [0.25, 0.3) is 11.8 Å². The standard InChI is InChI=1S/C22H19N3O2/c26-21(25-20-11-15-5-1-2-6-16(15)12-20)17-7-3-9-19(13-17)24-22(27)18-8-4-10-23-14-18/h1-10,13-14,20H,11-12H2,(H,24,27)(H,25,26). The maximum atomic E-state index is 12.6. The van der Waals surface area contributed by atoms with Crippen LogP contribution in [0.15, 0.2) is 73.1 Å².